The minimum Gasteiger partial charge on any atom is -0.351 e. The number of piperazine rings is 1. The van der Waals surface area contributed by atoms with Crippen molar-refractivity contribution in [2.45, 2.75) is 13.3 Å². The van der Waals surface area contributed by atoms with Crippen LogP contribution in [0.5, 0.6) is 0 Å². The minimum absolute atomic E-state index is 0.00695. The predicted octanol–water partition coefficient (Wildman–Crippen LogP) is 2.14. The molecule has 5 nitrogen and oxygen atoms in total. The summed E-state index contributed by atoms with van der Waals surface area (Å²) in [6, 6.07) is 10.0. The van der Waals surface area contributed by atoms with E-state index in [1.807, 2.05) is 37.3 Å². The summed E-state index contributed by atoms with van der Waals surface area (Å²) in [6.07, 6.45) is 0.981. The number of hydrogen-bond donors (Lipinski definition) is 2. The Morgan fingerprint density at radius 2 is 2.04 bits per heavy atom. The maximum absolute atomic E-state index is 12.4. The molecule has 1 aliphatic heterocycles. The first kappa shape index (κ1) is 17.1. The van der Waals surface area contributed by atoms with Crippen molar-refractivity contribution in [3.63, 3.8) is 0 Å². The molecule has 2 N–H and O–H groups in total. The highest BCUT2D eigenvalue weighted by molar-refractivity contribution is 7.17. The summed E-state index contributed by atoms with van der Waals surface area (Å²) >= 11 is 1.46. The number of carbonyl (C=O) groups excluding carboxylic acids is 1. The fourth-order valence-electron chi connectivity index (χ4n) is 2.83. The highest BCUT2D eigenvalue weighted by Gasteiger charge is 2.16. The van der Waals surface area contributed by atoms with Gasteiger partial charge in [0.2, 0.25) is 0 Å². The summed E-state index contributed by atoms with van der Waals surface area (Å²) in [6.45, 7) is 7.98. The number of amides is 1. The number of nitrogens with zero attached hydrogens (tertiary/aromatic N) is 2. The average molecular weight is 344 g/mol. The molecule has 0 radical (unpaired) electrons. The summed E-state index contributed by atoms with van der Waals surface area (Å²) < 4.78 is 0. The van der Waals surface area contributed by atoms with Gasteiger partial charge in [-0.05, 0) is 19.9 Å². The van der Waals surface area contributed by atoms with E-state index < -0.39 is 0 Å². The van der Waals surface area contributed by atoms with Gasteiger partial charge in [0.15, 0.2) is 0 Å². The van der Waals surface area contributed by atoms with Crippen LogP contribution in [-0.2, 0) is 0 Å². The third-order valence-electron chi connectivity index (χ3n) is 4.17. The first-order valence-corrected chi connectivity index (χ1v) is 9.30. The SMILES string of the molecule is Cc1nc(-c2ccccc2)sc1C(=O)NCCCN1CCNCC1. The molecular formula is C18H24N4OS. The summed E-state index contributed by atoms with van der Waals surface area (Å²) in [5.74, 6) is -0.00695. The van der Waals surface area contributed by atoms with Gasteiger partial charge in [-0.3, -0.25) is 4.79 Å². The molecule has 2 aromatic rings. The molecule has 0 bridgehead atoms. The molecular weight excluding hydrogens is 320 g/mol. The fraction of sp³-hybridized carbons (Fsp3) is 0.444. The maximum Gasteiger partial charge on any atom is 0.263 e. The first-order valence-electron chi connectivity index (χ1n) is 8.48. The van der Waals surface area contributed by atoms with Gasteiger partial charge in [-0.2, -0.15) is 0 Å². The lowest BCUT2D eigenvalue weighted by molar-refractivity contribution is 0.0954. The predicted molar refractivity (Wildman–Crippen MR) is 98.5 cm³/mol. The lowest BCUT2D eigenvalue weighted by atomic mass is 10.2. The molecule has 0 atom stereocenters. The molecule has 0 spiro atoms. The first-order chi connectivity index (χ1) is 11.7. The number of carbonyl (C=O) groups is 1. The third-order valence-corrected chi connectivity index (χ3v) is 5.38. The van der Waals surface area contributed by atoms with Crippen LogP contribution in [0.1, 0.15) is 21.8 Å². The van der Waals surface area contributed by atoms with E-state index in [1.165, 1.54) is 11.3 Å². The van der Waals surface area contributed by atoms with Gasteiger partial charge in [-0.15, -0.1) is 11.3 Å². The van der Waals surface area contributed by atoms with E-state index in [0.29, 0.717) is 6.54 Å². The lowest BCUT2D eigenvalue weighted by Gasteiger charge is -2.27. The standard InChI is InChI=1S/C18H24N4OS/c1-14-16(24-18(21-14)15-6-3-2-4-7-15)17(23)20-8-5-11-22-12-9-19-10-13-22/h2-4,6-7,19H,5,8-13H2,1H3,(H,20,23). The van der Waals surface area contributed by atoms with Gasteiger partial charge >= 0.3 is 0 Å². The molecule has 1 aromatic heterocycles. The Bertz CT molecular complexity index is 665. The van der Waals surface area contributed by atoms with Crippen molar-refractivity contribution < 1.29 is 4.79 Å². The molecule has 1 aromatic carbocycles. The van der Waals surface area contributed by atoms with Crippen LogP contribution in [0.2, 0.25) is 0 Å². The quantitative estimate of drug-likeness (QED) is 0.789. The van der Waals surface area contributed by atoms with E-state index in [-0.39, 0.29) is 5.91 Å². The Morgan fingerprint density at radius 3 is 2.79 bits per heavy atom. The summed E-state index contributed by atoms with van der Waals surface area (Å²) in [7, 11) is 0. The second-order valence-corrected chi connectivity index (χ2v) is 7.00. The van der Waals surface area contributed by atoms with E-state index in [2.05, 4.69) is 20.5 Å². The smallest absolute Gasteiger partial charge is 0.263 e. The van der Waals surface area contributed by atoms with E-state index in [9.17, 15) is 4.79 Å². The van der Waals surface area contributed by atoms with Crippen LogP contribution in [0, 0.1) is 6.92 Å². The topological polar surface area (TPSA) is 57.3 Å². The van der Waals surface area contributed by atoms with Crippen molar-refractivity contribution in [3.8, 4) is 10.6 Å². The molecule has 1 amide bonds. The summed E-state index contributed by atoms with van der Waals surface area (Å²) in [5.41, 5.74) is 1.86. The molecule has 24 heavy (non-hydrogen) atoms. The number of thiazole rings is 1. The highest BCUT2D eigenvalue weighted by Crippen LogP contribution is 2.27. The maximum atomic E-state index is 12.4. The molecule has 1 fully saturated rings. The monoisotopic (exact) mass is 344 g/mol. The van der Waals surface area contributed by atoms with Crippen LogP contribution in [-0.4, -0.2) is 55.1 Å². The largest absolute Gasteiger partial charge is 0.351 e. The van der Waals surface area contributed by atoms with E-state index in [1.54, 1.807) is 0 Å². The van der Waals surface area contributed by atoms with E-state index in [4.69, 9.17) is 0 Å². The van der Waals surface area contributed by atoms with Crippen LogP contribution in [0.3, 0.4) is 0 Å². The zero-order valence-corrected chi connectivity index (χ0v) is 14.9. The highest BCUT2D eigenvalue weighted by atomic mass is 32.1. The molecule has 2 heterocycles. The van der Waals surface area contributed by atoms with Crippen molar-refractivity contribution >= 4 is 17.2 Å². The normalized spacial score (nSPS) is 15.4. The number of rotatable bonds is 6. The number of aryl methyl sites for hydroxylation is 1. The van der Waals surface area contributed by atoms with Crippen molar-refractivity contribution in [2.24, 2.45) is 0 Å². The Labute approximate surface area is 147 Å². The Hall–Kier alpha value is -1.76. The molecule has 128 valence electrons. The van der Waals surface area contributed by atoms with Crippen LogP contribution in [0.25, 0.3) is 10.6 Å². The van der Waals surface area contributed by atoms with Gasteiger partial charge in [0, 0.05) is 38.3 Å². The number of hydrogen-bond acceptors (Lipinski definition) is 5. The van der Waals surface area contributed by atoms with Crippen LogP contribution in [0.15, 0.2) is 30.3 Å². The van der Waals surface area contributed by atoms with Crippen LogP contribution in [0.4, 0.5) is 0 Å². The molecule has 3 rings (SSSR count). The van der Waals surface area contributed by atoms with Crippen molar-refractivity contribution in [1.29, 1.82) is 0 Å². The van der Waals surface area contributed by atoms with Gasteiger partial charge in [-0.25, -0.2) is 4.98 Å². The lowest BCUT2D eigenvalue weighted by Crippen LogP contribution is -2.44. The summed E-state index contributed by atoms with van der Waals surface area (Å²) in [4.78, 5) is 20.1. The second-order valence-electron chi connectivity index (χ2n) is 6.00. The van der Waals surface area contributed by atoms with Gasteiger partial charge in [0.05, 0.1) is 5.69 Å². The van der Waals surface area contributed by atoms with E-state index >= 15 is 0 Å². The summed E-state index contributed by atoms with van der Waals surface area (Å²) in [5, 5.41) is 7.29. The Balaban J connectivity index is 1.51. The van der Waals surface area contributed by atoms with Crippen LogP contribution < -0.4 is 10.6 Å². The molecule has 0 aliphatic carbocycles. The van der Waals surface area contributed by atoms with Gasteiger partial charge in [0.1, 0.15) is 9.88 Å². The fourth-order valence-corrected chi connectivity index (χ4v) is 3.82. The molecule has 0 unspecified atom stereocenters. The van der Waals surface area contributed by atoms with Gasteiger partial charge in [-0.1, -0.05) is 30.3 Å². The molecule has 1 aliphatic rings. The Kier molecular flexibility index (Phi) is 5.96. The molecule has 6 heteroatoms. The zero-order valence-electron chi connectivity index (χ0n) is 14.0. The minimum atomic E-state index is -0.00695. The number of nitrogens with one attached hydrogen (secondary N) is 2. The van der Waals surface area contributed by atoms with Crippen molar-refractivity contribution in [2.75, 3.05) is 39.3 Å². The Morgan fingerprint density at radius 1 is 1.29 bits per heavy atom. The zero-order chi connectivity index (χ0) is 16.8. The number of benzene rings is 1. The molecule has 1 saturated heterocycles. The van der Waals surface area contributed by atoms with E-state index in [0.717, 1.165) is 60.3 Å². The average Bonchev–Trinajstić information content (AvgIpc) is 3.02. The van der Waals surface area contributed by atoms with Crippen LogP contribution >= 0.6 is 11.3 Å². The molecule has 0 saturated carbocycles. The van der Waals surface area contributed by atoms with Gasteiger partial charge in [0.25, 0.3) is 5.91 Å². The van der Waals surface area contributed by atoms with Crippen molar-refractivity contribution in [1.82, 2.24) is 20.5 Å². The van der Waals surface area contributed by atoms with Crippen molar-refractivity contribution in [3.05, 3.63) is 40.9 Å². The number of aromatic nitrogens is 1. The second kappa shape index (κ2) is 8.37. The van der Waals surface area contributed by atoms with Gasteiger partial charge < -0.3 is 15.5 Å². The third kappa shape index (κ3) is 4.41.